The topological polar surface area (TPSA) is 107 Å². The van der Waals surface area contributed by atoms with Gasteiger partial charge < -0.3 is 24.4 Å². The third-order valence-corrected chi connectivity index (χ3v) is 6.57. The van der Waals surface area contributed by atoms with Crippen LogP contribution in [0, 0.1) is 5.41 Å². The lowest BCUT2D eigenvalue weighted by Crippen LogP contribution is -2.57. The summed E-state index contributed by atoms with van der Waals surface area (Å²) >= 11 is 0. The van der Waals surface area contributed by atoms with Crippen molar-refractivity contribution in [3.8, 4) is 5.88 Å². The Bertz CT molecular complexity index is 1190. The second kappa shape index (κ2) is 11.2. The van der Waals surface area contributed by atoms with Gasteiger partial charge in [-0.25, -0.2) is 14.6 Å². The molecule has 1 N–H and O–H groups in total. The molecule has 2 aliphatic heterocycles. The van der Waals surface area contributed by atoms with E-state index >= 15 is 0 Å². The molecule has 0 unspecified atom stereocenters. The first kappa shape index (κ1) is 26.4. The van der Waals surface area contributed by atoms with Gasteiger partial charge in [0.05, 0.1) is 19.8 Å². The van der Waals surface area contributed by atoms with Crippen molar-refractivity contribution in [1.29, 1.82) is 0 Å². The van der Waals surface area contributed by atoms with E-state index in [9.17, 15) is 14.4 Å². The van der Waals surface area contributed by atoms with Crippen LogP contribution in [0.4, 0.5) is 4.79 Å². The molecule has 4 rings (SSSR count). The average Bonchev–Trinajstić information content (AvgIpc) is 3.27. The molecule has 3 heterocycles. The molecule has 9 nitrogen and oxygen atoms in total. The number of hydrogen-bond donors (Lipinski definition) is 1. The number of aromatic nitrogens is 1. The molecule has 3 atom stereocenters. The Morgan fingerprint density at radius 2 is 2.05 bits per heavy atom. The van der Waals surface area contributed by atoms with Gasteiger partial charge in [0.15, 0.2) is 0 Å². The van der Waals surface area contributed by atoms with E-state index in [1.54, 1.807) is 13.1 Å². The van der Waals surface area contributed by atoms with Crippen LogP contribution < -0.4 is 10.1 Å². The van der Waals surface area contributed by atoms with Crippen molar-refractivity contribution in [3.63, 3.8) is 0 Å². The largest absolute Gasteiger partial charge is 0.472 e. The Labute approximate surface area is 217 Å². The maximum Gasteiger partial charge on any atom is 0.407 e. The first-order valence-electron chi connectivity index (χ1n) is 12.8. The van der Waals surface area contributed by atoms with Crippen LogP contribution in [0.5, 0.6) is 5.88 Å². The van der Waals surface area contributed by atoms with Crippen LogP contribution >= 0.6 is 0 Å². The smallest absolute Gasteiger partial charge is 0.407 e. The minimum atomic E-state index is -0.910. The highest BCUT2D eigenvalue weighted by molar-refractivity contribution is 5.91. The molecule has 0 radical (unpaired) electrons. The average molecular weight is 510 g/mol. The summed E-state index contributed by atoms with van der Waals surface area (Å²) < 4.78 is 17.0. The number of nitrogens with zero attached hydrogens (tertiary/aromatic N) is 2. The molecular formula is C28H35N3O6. The van der Waals surface area contributed by atoms with Crippen LogP contribution in [-0.2, 0) is 19.1 Å². The highest BCUT2D eigenvalue weighted by Gasteiger charge is 2.46. The van der Waals surface area contributed by atoms with Crippen LogP contribution in [0.2, 0.25) is 0 Å². The predicted molar refractivity (Wildman–Crippen MR) is 139 cm³/mol. The van der Waals surface area contributed by atoms with E-state index < -0.39 is 35.7 Å². The number of ether oxygens (including phenoxy) is 3. The van der Waals surface area contributed by atoms with Crippen LogP contribution in [0.1, 0.15) is 52.5 Å². The lowest BCUT2D eigenvalue weighted by atomic mass is 9.85. The van der Waals surface area contributed by atoms with Crippen molar-refractivity contribution in [2.45, 2.75) is 65.1 Å². The van der Waals surface area contributed by atoms with E-state index in [0.29, 0.717) is 12.3 Å². The zero-order valence-electron chi connectivity index (χ0n) is 21.9. The van der Waals surface area contributed by atoms with Crippen LogP contribution in [0.15, 0.2) is 36.5 Å². The molecule has 1 aromatic carbocycles. The number of esters is 1. The summed E-state index contributed by atoms with van der Waals surface area (Å²) in [6, 6.07) is 6.21. The minimum Gasteiger partial charge on any atom is -0.472 e. The van der Waals surface area contributed by atoms with Gasteiger partial charge in [0.2, 0.25) is 11.8 Å². The van der Waals surface area contributed by atoms with Gasteiger partial charge in [0.1, 0.15) is 18.2 Å². The molecule has 198 valence electrons. The van der Waals surface area contributed by atoms with Gasteiger partial charge in [-0.15, -0.1) is 0 Å². The maximum absolute atomic E-state index is 13.8. The Kier molecular flexibility index (Phi) is 8.00. The molecule has 0 aliphatic carbocycles. The SMILES string of the molecule is CCOC(=O)[C@@H]1C[C@@H]2CN1C(=O)[C@H](C(C)(C)C)NC(=O)OCCC/C=C/c1ccc3ccnc(c3c1)O2. The molecule has 9 heteroatoms. The van der Waals surface area contributed by atoms with Crippen molar-refractivity contribution < 1.29 is 28.6 Å². The molecular weight excluding hydrogens is 474 g/mol. The number of hydrogen-bond acceptors (Lipinski definition) is 7. The third-order valence-electron chi connectivity index (χ3n) is 6.57. The number of cyclic esters (lactones) is 1. The van der Waals surface area contributed by atoms with E-state index in [2.05, 4.69) is 10.3 Å². The molecule has 1 fully saturated rings. The van der Waals surface area contributed by atoms with Crippen molar-refractivity contribution in [1.82, 2.24) is 15.2 Å². The summed E-state index contributed by atoms with van der Waals surface area (Å²) in [6.07, 6.45) is 6.20. The Balaban J connectivity index is 1.72. The number of amides is 2. The summed E-state index contributed by atoms with van der Waals surface area (Å²) in [5.74, 6) is -0.433. The van der Waals surface area contributed by atoms with Gasteiger partial charge in [-0.3, -0.25) is 4.79 Å². The first-order valence-corrected chi connectivity index (χ1v) is 12.8. The molecule has 2 aromatic rings. The zero-order valence-corrected chi connectivity index (χ0v) is 21.9. The van der Waals surface area contributed by atoms with E-state index in [1.165, 1.54) is 4.90 Å². The van der Waals surface area contributed by atoms with Crippen molar-refractivity contribution in [3.05, 3.63) is 42.1 Å². The Morgan fingerprint density at radius 1 is 1.24 bits per heavy atom. The predicted octanol–water partition coefficient (Wildman–Crippen LogP) is 4.09. The molecule has 2 aliphatic rings. The number of allylic oxidation sites excluding steroid dienone is 1. The lowest BCUT2D eigenvalue weighted by Gasteiger charge is -2.34. The fourth-order valence-electron chi connectivity index (χ4n) is 4.66. The van der Waals surface area contributed by atoms with Gasteiger partial charge in [-0.05, 0) is 48.3 Å². The number of rotatable bonds is 2. The summed E-state index contributed by atoms with van der Waals surface area (Å²) in [5.41, 5.74) is 0.358. The van der Waals surface area contributed by atoms with Crippen molar-refractivity contribution in [2.24, 2.45) is 5.41 Å². The van der Waals surface area contributed by atoms with E-state index in [4.69, 9.17) is 14.2 Å². The van der Waals surface area contributed by atoms with E-state index in [1.807, 2.05) is 57.2 Å². The fraction of sp³-hybridized carbons (Fsp3) is 0.500. The zero-order chi connectivity index (χ0) is 26.6. The maximum atomic E-state index is 13.8. The standard InChI is InChI=1S/C28H35N3O6/c1-5-35-26(33)22-16-20-17-31(22)25(32)23(28(2,3)4)30-27(34)36-14-8-6-7-9-18-10-11-19-12-13-29-24(37-20)21(19)15-18/h7,9-13,15,20,22-23H,5-6,8,14,16-17H2,1-4H3,(H,30,34)/b9-7+/t20-,22+,23-/m1/s1. The van der Waals surface area contributed by atoms with Gasteiger partial charge in [0, 0.05) is 18.0 Å². The quantitative estimate of drug-likeness (QED) is 0.608. The normalized spacial score (nSPS) is 24.0. The highest BCUT2D eigenvalue weighted by atomic mass is 16.5. The second-order valence-corrected chi connectivity index (χ2v) is 10.5. The van der Waals surface area contributed by atoms with Crippen LogP contribution in [0.3, 0.4) is 0 Å². The monoisotopic (exact) mass is 509 g/mol. The molecule has 0 saturated carbocycles. The van der Waals surface area contributed by atoms with E-state index in [0.717, 1.165) is 22.8 Å². The number of alkyl carbamates (subject to hydrolysis) is 1. The number of nitrogens with one attached hydrogen (secondary N) is 1. The molecule has 0 spiro atoms. The minimum absolute atomic E-state index is 0.156. The van der Waals surface area contributed by atoms with Crippen molar-refractivity contribution >= 4 is 34.8 Å². The number of pyridine rings is 1. The fourth-order valence-corrected chi connectivity index (χ4v) is 4.66. The Morgan fingerprint density at radius 3 is 2.81 bits per heavy atom. The molecule has 2 amide bonds. The van der Waals surface area contributed by atoms with Gasteiger partial charge >= 0.3 is 12.1 Å². The Hall–Kier alpha value is -3.62. The van der Waals surface area contributed by atoms with Gasteiger partial charge in [0.25, 0.3) is 0 Å². The van der Waals surface area contributed by atoms with Crippen LogP contribution in [0.25, 0.3) is 16.8 Å². The van der Waals surface area contributed by atoms with E-state index in [-0.39, 0.29) is 32.1 Å². The van der Waals surface area contributed by atoms with Gasteiger partial charge in [-0.1, -0.05) is 45.1 Å². The third kappa shape index (κ3) is 6.21. The number of fused-ring (bicyclic) bond motifs is 3. The number of carbonyl (C=O) groups is 3. The number of carbonyl (C=O) groups excluding carboxylic acids is 3. The first-order chi connectivity index (χ1) is 17.7. The summed E-state index contributed by atoms with van der Waals surface area (Å²) in [4.78, 5) is 45.2. The highest BCUT2D eigenvalue weighted by Crippen LogP contribution is 2.31. The molecule has 1 aromatic heterocycles. The summed E-state index contributed by atoms with van der Waals surface area (Å²) in [7, 11) is 0. The van der Waals surface area contributed by atoms with Crippen molar-refractivity contribution in [2.75, 3.05) is 19.8 Å². The molecule has 4 bridgehead atoms. The molecule has 1 saturated heterocycles. The summed E-state index contributed by atoms with van der Waals surface area (Å²) in [6.45, 7) is 7.86. The summed E-state index contributed by atoms with van der Waals surface area (Å²) in [5, 5.41) is 4.56. The number of benzene rings is 1. The van der Waals surface area contributed by atoms with Gasteiger partial charge in [-0.2, -0.15) is 0 Å². The second-order valence-electron chi connectivity index (χ2n) is 10.5. The van der Waals surface area contributed by atoms with Crippen LogP contribution in [-0.4, -0.2) is 65.8 Å². The molecule has 37 heavy (non-hydrogen) atoms. The lowest BCUT2D eigenvalue weighted by molar-refractivity contribution is -0.154.